The van der Waals surface area contributed by atoms with E-state index in [1.807, 2.05) is 12.1 Å². The van der Waals surface area contributed by atoms with Gasteiger partial charge < -0.3 is 4.84 Å². The molecule has 0 aliphatic rings. The van der Waals surface area contributed by atoms with Gasteiger partial charge in [0.25, 0.3) is 0 Å². The van der Waals surface area contributed by atoms with Crippen molar-refractivity contribution in [1.29, 1.82) is 0 Å². The van der Waals surface area contributed by atoms with Crippen LogP contribution in [0, 0.1) is 5.82 Å². The highest BCUT2D eigenvalue weighted by Crippen LogP contribution is 2.09. The molecule has 0 heterocycles. The molecule has 0 aliphatic heterocycles. The first kappa shape index (κ1) is 12.6. The van der Waals surface area contributed by atoms with Gasteiger partial charge >= 0.3 is 0 Å². The highest BCUT2D eigenvalue weighted by molar-refractivity contribution is 6.30. The summed E-state index contributed by atoms with van der Waals surface area (Å²) in [5.41, 5.74) is 1.35. The van der Waals surface area contributed by atoms with Crippen LogP contribution in [-0.2, 0) is 11.4 Å². The van der Waals surface area contributed by atoms with Gasteiger partial charge in [-0.25, -0.2) is 4.39 Å². The second kappa shape index (κ2) is 6.17. The van der Waals surface area contributed by atoms with Crippen molar-refractivity contribution in [3.05, 3.63) is 70.5 Å². The molecule has 0 amide bonds. The van der Waals surface area contributed by atoms with E-state index in [1.54, 1.807) is 36.5 Å². The lowest BCUT2D eigenvalue weighted by molar-refractivity contribution is 0.129. The molecule has 2 nitrogen and oxygen atoms in total. The van der Waals surface area contributed by atoms with E-state index in [9.17, 15) is 4.39 Å². The molecular weight excluding hydrogens is 253 g/mol. The van der Waals surface area contributed by atoms with E-state index in [-0.39, 0.29) is 12.4 Å². The van der Waals surface area contributed by atoms with E-state index < -0.39 is 0 Å². The zero-order chi connectivity index (χ0) is 12.8. The summed E-state index contributed by atoms with van der Waals surface area (Å²) in [5.74, 6) is -0.292. The van der Waals surface area contributed by atoms with Gasteiger partial charge in [0, 0.05) is 10.6 Å². The Balaban J connectivity index is 1.89. The van der Waals surface area contributed by atoms with Gasteiger partial charge in [-0.3, -0.25) is 0 Å². The van der Waals surface area contributed by atoms with Crippen LogP contribution in [0.3, 0.4) is 0 Å². The Morgan fingerprint density at radius 3 is 2.56 bits per heavy atom. The third-order valence-corrected chi connectivity index (χ3v) is 2.58. The first-order valence-corrected chi connectivity index (χ1v) is 5.78. The third kappa shape index (κ3) is 3.57. The maximum atomic E-state index is 13.2. The first-order chi connectivity index (χ1) is 8.75. The van der Waals surface area contributed by atoms with Crippen molar-refractivity contribution in [1.82, 2.24) is 0 Å². The predicted octanol–water partition coefficient (Wildman–Crippen LogP) is 4.03. The molecule has 0 atom stereocenters. The van der Waals surface area contributed by atoms with E-state index in [0.717, 1.165) is 5.56 Å². The smallest absolute Gasteiger partial charge is 0.145 e. The first-order valence-electron chi connectivity index (χ1n) is 5.40. The Labute approximate surface area is 110 Å². The van der Waals surface area contributed by atoms with Crippen molar-refractivity contribution >= 4 is 17.8 Å². The molecular formula is C14H11ClFNO. The average molecular weight is 264 g/mol. The summed E-state index contributed by atoms with van der Waals surface area (Å²) < 4.78 is 13.2. The fourth-order valence-corrected chi connectivity index (χ4v) is 1.50. The number of hydrogen-bond donors (Lipinski definition) is 0. The number of halogens is 2. The summed E-state index contributed by atoms with van der Waals surface area (Å²) in [5, 5.41) is 4.44. The average Bonchev–Trinajstić information content (AvgIpc) is 2.39. The lowest BCUT2D eigenvalue weighted by Crippen LogP contribution is -1.91. The molecule has 4 heteroatoms. The minimum Gasteiger partial charge on any atom is -0.391 e. The van der Waals surface area contributed by atoms with Gasteiger partial charge in [-0.05, 0) is 23.8 Å². The van der Waals surface area contributed by atoms with Gasteiger partial charge in [0.1, 0.15) is 12.4 Å². The Bertz CT molecular complexity index is 540. The van der Waals surface area contributed by atoms with Gasteiger partial charge in [0.15, 0.2) is 0 Å². The van der Waals surface area contributed by atoms with Gasteiger partial charge in [-0.1, -0.05) is 47.1 Å². The van der Waals surface area contributed by atoms with Crippen molar-refractivity contribution < 1.29 is 9.23 Å². The number of nitrogens with zero attached hydrogens (tertiary/aromatic N) is 1. The molecule has 0 aliphatic carbocycles. The molecule has 0 bridgehead atoms. The third-order valence-electron chi connectivity index (χ3n) is 2.32. The Morgan fingerprint density at radius 1 is 1.11 bits per heavy atom. The number of rotatable bonds is 4. The fourth-order valence-electron chi connectivity index (χ4n) is 1.37. The molecule has 2 aromatic carbocycles. The van der Waals surface area contributed by atoms with Gasteiger partial charge in [0.2, 0.25) is 0 Å². The minimum absolute atomic E-state index is 0.108. The molecule has 18 heavy (non-hydrogen) atoms. The van der Waals surface area contributed by atoms with Crippen molar-refractivity contribution in [2.45, 2.75) is 6.61 Å². The normalized spacial score (nSPS) is 10.8. The molecule has 0 spiro atoms. The van der Waals surface area contributed by atoms with Gasteiger partial charge in [-0.2, -0.15) is 0 Å². The SMILES string of the molecule is Fc1ccccc1CO/N=C/c1ccc(Cl)cc1. The van der Waals surface area contributed by atoms with E-state index >= 15 is 0 Å². The van der Waals surface area contributed by atoms with Crippen LogP contribution < -0.4 is 0 Å². The lowest BCUT2D eigenvalue weighted by atomic mass is 10.2. The van der Waals surface area contributed by atoms with Crippen molar-refractivity contribution in [3.8, 4) is 0 Å². The molecule has 92 valence electrons. The summed E-state index contributed by atoms with van der Waals surface area (Å²) in [6.45, 7) is 0.108. The van der Waals surface area contributed by atoms with Crippen molar-refractivity contribution in [2.75, 3.05) is 0 Å². The maximum absolute atomic E-state index is 13.2. The quantitative estimate of drug-likeness (QED) is 0.603. The molecule has 0 radical (unpaired) electrons. The summed E-state index contributed by atoms with van der Waals surface area (Å²) in [7, 11) is 0. The van der Waals surface area contributed by atoms with Crippen LogP contribution >= 0.6 is 11.6 Å². The Morgan fingerprint density at radius 2 is 1.83 bits per heavy atom. The van der Waals surface area contributed by atoms with Crippen LogP contribution in [0.5, 0.6) is 0 Å². The predicted molar refractivity (Wildman–Crippen MR) is 70.2 cm³/mol. The molecule has 0 saturated heterocycles. The zero-order valence-corrected chi connectivity index (χ0v) is 10.3. The topological polar surface area (TPSA) is 21.6 Å². The zero-order valence-electron chi connectivity index (χ0n) is 9.51. The van der Waals surface area contributed by atoms with Crippen LogP contribution in [0.15, 0.2) is 53.7 Å². The molecule has 0 unspecified atom stereocenters. The summed E-state index contributed by atoms with van der Waals surface area (Å²) >= 11 is 5.75. The number of oxime groups is 1. The lowest BCUT2D eigenvalue weighted by Gasteiger charge is -2.00. The van der Waals surface area contributed by atoms with Crippen LogP contribution in [0.2, 0.25) is 5.02 Å². The number of hydrogen-bond acceptors (Lipinski definition) is 2. The molecule has 2 aromatic rings. The second-order valence-corrected chi connectivity index (χ2v) is 4.09. The Hall–Kier alpha value is -1.87. The van der Waals surface area contributed by atoms with Crippen LogP contribution in [0.25, 0.3) is 0 Å². The molecule has 0 fully saturated rings. The van der Waals surface area contributed by atoms with E-state index in [1.165, 1.54) is 6.07 Å². The molecule has 0 saturated carbocycles. The van der Waals surface area contributed by atoms with Crippen molar-refractivity contribution in [2.24, 2.45) is 5.16 Å². The monoisotopic (exact) mass is 263 g/mol. The van der Waals surface area contributed by atoms with E-state index in [2.05, 4.69) is 5.16 Å². The van der Waals surface area contributed by atoms with Crippen molar-refractivity contribution in [3.63, 3.8) is 0 Å². The van der Waals surface area contributed by atoms with Crippen LogP contribution in [-0.4, -0.2) is 6.21 Å². The van der Waals surface area contributed by atoms with Gasteiger partial charge in [-0.15, -0.1) is 0 Å². The number of benzene rings is 2. The standard InChI is InChI=1S/C14H11ClFNO/c15-13-7-5-11(6-8-13)9-17-18-10-12-3-1-2-4-14(12)16/h1-9H,10H2/b17-9+. The molecule has 0 aromatic heterocycles. The minimum atomic E-state index is -0.292. The fraction of sp³-hybridized carbons (Fsp3) is 0.0714. The summed E-state index contributed by atoms with van der Waals surface area (Å²) in [6.07, 6.45) is 1.55. The maximum Gasteiger partial charge on any atom is 0.145 e. The molecule has 2 rings (SSSR count). The van der Waals surface area contributed by atoms with E-state index in [4.69, 9.17) is 16.4 Å². The summed E-state index contributed by atoms with van der Waals surface area (Å²) in [4.78, 5) is 5.03. The highest BCUT2D eigenvalue weighted by Gasteiger charge is 1.99. The molecule has 0 N–H and O–H groups in total. The van der Waals surface area contributed by atoms with Crippen LogP contribution in [0.4, 0.5) is 4.39 Å². The highest BCUT2D eigenvalue weighted by atomic mass is 35.5. The largest absolute Gasteiger partial charge is 0.391 e. The Kier molecular flexibility index (Phi) is 4.31. The van der Waals surface area contributed by atoms with Crippen LogP contribution in [0.1, 0.15) is 11.1 Å². The van der Waals surface area contributed by atoms with E-state index in [0.29, 0.717) is 10.6 Å². The second-order valence-electron chi connectivity index (χ2n) is 3.65. The van der Waals surface area contributed by atoms with Gasteiger partial charge in [0.05, 0.1) is 6.21 Å². The summed E-state index contributed by atoms with van der Waals surface area (Å²) in [6, 6.07) is 13.6.